The van der Waals surface area contributed by atoms with Crippen LogP contribution in [0, 0.1) is 18.7 Å². The van der Waals surface area contributed by atoms with Gasteiger partial charge in [-0.25, -0.2) is 9.37 Å². The average molecular weight is 261 g/mol. The first kappa shape index (κ1) is 13.7. The maximum absolute atomic E-state index is 13.5. The fourth-order valence-electron chi connectivity index (χ4n) is 2.05. The Morgan fingerprint density at radius 1 is 1.37 bits per heavy atom. The summed E-state index contributed by atoms with van der Waals surface area (Å²) >= 11 is 0. The molecule has 1 unspecified atom stereocenters. The molecule has 0 radical (unpaired) electrons. The highest BCUT2D eigenvalue weighted by Crippen LogP contribution is 2.23. The summed E-state index contributed by atoms with van der Waals surface area (Å²) in [6, 6.07) is 5.05. The van der Waals surface area contributed by atoms with Crippen LogP contribution < -0.4 is 5.73 Å². The molecule has 1 atom stereocenters. The highest BCUT2D eigenvalue weighted by molar-refractivity contribution is 5.59. The second kappa shape index (κ2) is 5.53. The van der Waals surface area contributed by atoms with E-state index in [2.05, 4.69) is 23.8 Å². The zero-order chi connectivity index (χ0) is 14.0. The SMILES string of the molecule is Cc1ccc(-c2cnc(C(N)CC(C)C)[nH]2)cc1F. The zero-order valence-corrected chi connectivity index (χ0v) is 11.6. The summed E-state index contributed by atoms with van der Waals surface area (Å²) in [5.74, 6) is 1.06. The van der Waals surface area contributed by atoms with E-state index in [9.17, 15) is 4.39 Å². The van der Waals surface area contributed by atoms with Crippen LogP contribution in [-0.2, 0) is 0 Å². The van der Waals surface area contributed by atoms with Crippen molar-refractivity contribution in [3.63, 3.8) is 0 Å². The third-order valence-corrected chi connectivity index (χ3v) is 3.15. The van der Waals surface area contributed by atoms with Gasteiger partial charge in [0.15, 0.2) is 0 Å². The van der Waals surface area contributed by atoms with Crippen LogP contribution in [0.3, 0.4) is 0 Å². The molecule has 0 aliphatic carbocycles. The maximum Gasteiger partial charge on any atom is 0.126 e. The largest absolute Gasteiger partial charge is 0.341 e. The van der Waals surface area contributed by atoms with Gasteiger partial charge in [0.2, 0.25) is 0 Å². The van der Waals surface area contributed by atoms with Crippen molar-refractivity contribution >= 4 is 0 Å². The molecule has 3 N–H and O–H groups in total. The molecule has 19 heavy (non-hydrogen) atoms. The van der Waals surface area contributed by atoms with Crippen molar-refractivity contribution in [2.75, 3.05) is 0 Å². The Hall–Kier alpha value is -1.68. The first-order chi connectivity index (χ1) is 8.97. The van der Waals surface area contributed by atoms with Gasteiger partial charge >= 0.3 is 0 Å². The minimum absolute atomic E-state index is 0.107. The molecular formula is C15H20FN3. The van der Waals surface area contributed by atoms with E-state index in [0.29, 0.717) is 11.5 Å². The molecule has 4 heteroatoms. The lowest BCUT2D eigenvalue weighted by atomic mass is 10.0. The third-order valence-electron chi connectivity index (χ3n) is 3.15. The quantitative estimate of drug-likeness (QED) is 0.884. The number of rotatable bonds is 4. The van der Waals surface area contributed by atoms with E-state index in [-0.39, 0.29) is 11.9 Å². The lowest BCUT2D eigenvalue weighted by Gasteiger charge is -2.11. The molecule has 0 saturated carbocycles. The number of nitrogens with zero attached hydrogens (tertiary/aromatic N) is 1. The lowest BCUT2D eigenvalue weighted by molar-refractivity contribution is 0.496. The smallest absolute Gasteiger partial charge is 0.126 e. The number of nitrogens with one attached hydrogen (secondary N) is 1. The van der Waals surface area contributed by atoms with Gasteiger partial charge in [0, 0.05) is 5.56 Å². The summed E-state index contributed by atoms with van der Waals surface area (Å²) in [7, 11) is 0. The minimum Gasteiger partial charge on any atom is -0.341 e. The van der Waals surface area contributed by atoms with Crippen molar-refractivity contribution in [3.8, 4) is 11.3 Å². The van der Waals surface area contributed by atoms with Crippen LogP contribution in [0.5, 0.6) is 0 Å². The Kier molecular flexibility index (Phi) is 4.00. The lowest BCUT2D eigenvalue weighted by Crippen LogP contribution is -2.14. The van der Waals surface area contributed by atoms with Gasteiger partial charge in [0.05, 0.1) is 17.9 Å². The van der Waals surface area contributed by atoms with Crippen molar-refractivity contribution in [2.45, 2.75) is 33.2 Å². The fourth-order valence-corrected chi connectivity index (χ4v) is 2.05. The van der Waals surface area contributed by atoms with E-state index in [0.717, 1.165) is 23.5 Å². The van der Waals surface area contributed by atoms with Gasteiger partial charge < -0.3 is 10.7 Å². The molecule has 0 spiro atoms. The number of aromatic amines is 1. The van der Waals surface area contributed by atoms with Gasteiger partial charge in [-0.3, -0.25) is 0 Å². The number of aryl methyl sites for hydroxylation is 1. The molecule has 102 valence electrons. The molecule has 0 bridgehead atoms. The first-order valence-corrected chi connectivity index (χ1v) is 6.54. The summed E-state index contributed by atoms with van der Waals surface area (Å²) in [6.45, 7) is 5.99. The van der Waals surface area contributed by atoms with Gasteiger partial charge in [-0.1, -0.05) is 26.0 Å². The van der Waals surface area contributed by atoms with E-state index in [1.807, 2.05) is 6.07 Å². The number of benzene rings is 1. The highest BCUT2D eigenvalue weighted by Gasteiger charge is 2.13. The molecule has 1 aromatic carbocycles. The van der Waals surface area contributed by atoms with Crippen molar-refractivity contribution < 1.29 is 4.39 Å². The Morgan fingerprint density at radius 3 is 2.74 bits per heavy atom. The maximum atomic E-state index is 13.5. The molecule has 1 aromatic heterocycles. The zero-order valence-electron chi connectivity index (χ0n) is 11.6. The number of H-pyrrole nitrogens is 1. The van der Waals surface area contributed by atoms with Crippen LogP contribution >= 0.6 is 0 Å². The molecule has 0 amide bonds. The Balaban J connectivity index is 2.22. The van der Waals surface area contributed by atoms with E-state index in [4.69, 9.17) is 5.73 Å². The summed E-state index contributed by atoms with van der Waals surface area (Å²) in [5, 5.41) is 0. The molecule has 1 heterocycles. The van der Waals surface area contributed by atoms with Gasteiger partial charge in [0.25, 0.3) is 0 Å². The van der Waals surface area contributed by atoms with Crippen LogP contribution in [-0.4, -0.2) is 9.97 Å². The number of aromatic nitrogens is 2. The molecule has 2 rings (SSSR count). The molecule has 0 saturated heterocycles. The second-order valence-corrected chi connectivity index (χ2v) is 5.38. The molecule has 3 nitrogen and oxygen atoms in total. The van der Waals surface area contributed by atoms with Crippen molar-refractivity contribution in [2.24, 2.45) is 11.7 Å². The van der Waals surface area contributed by atoms with Crippen LogP contribution in [0.25, 0.3) is 11.3 Å². The summed E-state index contributed by atoms with van der Waals surface area (Å²) in [6.07, 6.45) is 2.58. The van der Waals surface area contributed by atoms with Crippen LogP contribution in [0.2, 0.25) is 0 Å². The fraction of sp³-hybridized carbons (Fsp3) is 0.400. The van der Waals surface area contributed by atoms with Gasteiger partial charge in [-0.2, -0.15) is 0 Å². The Morgan fingerprint density at radius 2 is 2.11 bits per heavy atom. The summed E-state index contributed by atoms with van der Waals surface area (Å²) in [4.78, 5) is 7.47. The minimum atomic E-state index is -0.208. The monoisotopic (exact) mass is 261 g/mol. The Bertz CT molecular complexity index is 560. The van der Waals surface area contributed by atoms with Gasteiger partial charge in [-0.05, 0) is 30.9 Å². The number of hydrogen-bond donors (Lipinski definition) is 2. The van der Waals surface area contributed by atoms with Crippen molar-refractivity contribution in [1.82, 2.24) is 9.97 Å². The first-order valence-electron chi connectivity index (χ1n) is 6.54. The van der Waals surface area contributed by atoms with Crippen molar-refractivity contribution in [3.05, 3.63) is 41.6 Å². The van der Waals surface area contributed by atoms with Crippen LogP contribution in [0.15, 0.2) is 24.4 Å². The number of nitrogens with two attached hydrogens (primary N) is 1. The van der Waals surface area contributed by atoms with E-state index in [1.54, 1.807) is 19.2 Å². The number of imidazole rings is 1. The highest BCUT2D eigenvalue weighted by atomic mass is 19.1. The van der Waals surface area contributed by atoms with E-state index < -0.39 is 0 Å². The van der Waals surface area contributed by atoms with E-state index >= 15 is 0 Å². The van der Waals surface area contributed by atoms with Crippen LogP contribution in [0.4, 0.5) is 4.39 Å². The van der Waals surface area contributed by atoms with Crippen LogP contribution in [0.1, 0.15) is 37.7 Å². The number of hydrogen-bond acceptors (Lipinski definition) is 2. The Labute approximate surface area is 113 Å². The predicted octanol–water partition coefficient (Wildman–Crippen LogP) is 3.57. The van der Waals surface area contributed by atoms with Crippen molar-refractivity contribution in [1.29, 1.82) is 0 Å². The molecule has 2 aromatic rings. The number of halogens is 1. The van der Waals surface area contributed by atoms with E-state index in [1.165, 1.54) is 6.07 Å². The second-order valence-electron chi connectivity index (χ2n) is 5.38. The molecule has 0 aliphatic rings. The predicted molar refractivity (Wildman–Crippen MR) is 75.1 cm³/mol. The molecule has 0 fully saturated rings. The summed E-state index contributed by atoms with van der Waals surface area (Å²) in [5.41, 5.74) is 8.30. The van der Waals surface area contributed by atoms with Gasteiger partial charge in [0.1, 0.15) is 11.6 Å². The average Bonchev–Trinajstić information content (AvgIpc) is 2.81. The third kappa shape index (κ3) is 3.20. The molecule has 0 aliphatic heterocycles. The standard InChI is InChI=1S/C15H20FN3/c1-9(2)6-13(17)15-18-8-14(19-15)11-5-4-10(3)12(16)7-11/h4-5,7-9,13H,6,17H2,1-3H3,(H,18,19). The molecular weight excluding hydrogens is 241 g/mol. The van der Waals surface area contributed by atoms with Gasteiger partial charge in [-0.15, -0.1) is 0 Å². The summed E-state index contributed by atoms with van der Waals surface area (Å²) < 4.78 is 13.5. The normalized spacial score (nSPS) is 12.9. The topological polar surface area (TPSA) is 54.7 Å².